The second-order valence-electron chi connectivity index (χ2n) is 6.38. The van der Waals surface area contributed by atoms with Crippen LogP contribution in [-0.2, 0) is 0 Å². The molecule has 0 aliphatic carbocycles. The van der Waals surface area contributed by atoms with Crippen LogP contribution in [0.15, 0.2) is 46.9 Å². The van der Waals surface area contributed by atoms with Gasteiger partial charge >= 0.3 is 0 Å². The van der Waals surface area contributed by atoms with Gasteiger partial charge in [0.25, 0.3) is 5.91 Å². The van der Waals surface area contributed by atoms with Crippen molar-refractivity contribution in [3.8, 4) is 11.3 Å². The molecule has 0 spiro atoms. The summed E-state index contributed by atoms with van der Waals surface area (Å²) in [6, 6.07) is 13.8. The van der Waals surface area contributed by atoms with Crippen LogP contribution < -0.4 is 4.90 Å². The SMILES string of the molecule is O=C(c1ccc(Cl)s1)N1CCCN(c2cc(-c3ccc(Br)cc3)[nH]n2)CC1. The van der Waals surface area contributed by atoms with Crippen LogP contribution in [0.5, 0.6) is 0 Å². The number of rotatable bonds is 3. The number of carbonyl (C=O) groups is 1. The molecule has 27 heavy (non-hydrogen) atoms. The van der Waals surface area contributed by atoms with Crippen LogP contribution >= 0.6 is 38.9 Å². The van der Waals surface area contributed by atoms with Gasteiger partial charge in [-0.3, -0.25) is 9.89 Å². The van der Waals surface area contributed by atoms with Gasteiger partial charge in [-0.2, -0.15) is 5.10 Å². The molecule has 1 N–H and O–H groups in total. The Bertz CT molecular complexity index is 939. The van der Waals surface area contributed by atoms with Gasteiger partial charge in [0, 0.05) is 36.7 Å². The first kappa shape index (κ1) is 18.5. The highest BCUT2D eigenvalue weighted by Gasteiger charge is 2.22. The number of carbonyl (C=O) groups excluding carboxylic acids is 1. The Kier molecular flexibility index (Phi) is 5.52. The molecule has 3 aromatic rings. The van der Waals surface area contributed by atoms with E-state index in [0.29, 0.717) is 15.8 Å². The number of benzene rings is 1. The molecular formula is C19H18BrClN4OS. The van der Waals surface area contributed by atoms with Crippen molar-refractivity contribution in [1.29, 1.82) is 0 Å². The first-order valence-electron chi connectivity index (χ1n) is 8.71. The number of amides is 1. The summed E-state index contributed by atoms with van der Waals surface area (Å²) in [5, 5.41) is 7.60. The molecule has 1 aromatic carbocycles. The van der Waals surface area contributed by atoms with E-state index in [1.807, 2.05) is 17.0 Å². The first-order valence-corrected chi connectivity index (χ1v) is 10.7. The molecule has 0 bridgehead atoms. The number of thiophene rings is 1. The Balaban J connectivity index is 1.44. The minimum Gasteiger partial charge on any atom is -0.353 e. The van der Waals surface area contributed by atoms with Crippen molar-refractivity contribution in [1.82, 2.24) is 15.1 Å². The number of hydrogen-bond donors (Lipinski definition) is 1. The number of halogens is 2. The van der Waals surface area contributed by atoms with Crippen LogP contribution in [0.4, 0.5) is 5.82 Å². The number of nitrogens with zero attached hydrogens (tertiary/aromatic N) is 3. The Morgan fingerprint density at radius 2 is 1.93 bits per heavy atom. The number of aromatic amines is 1. The first-order chi connectivity index (χ1) is 13.1. The molecule has 3 heterocycles. The predicted octanol–water partition coefficient (Wildman–Crippen LogP) is 4.91. The second kappa shape index (κ2) is 8.04. The van der Waals surface area contributed by atoms with Crippen molar-refractivity contribution in [2.75, 3.05) is 31.1 Å². The van der Waals surface area contributed by atoms with Crippen molar-refractivity contribution < 1.29 is 4.79 Å². The lowest BCUT2D eigenvalue weighted by atomic mass is 10.1. The average Bonchev–Trinajstić information content (AvgIpc) is 3.25. The highest BCUT2D eigenvalue weighted by atomic mass is 79.9. The van der Waals surface area contributed by atoms with Crippen LogP contribution in [0.2, 0.25) is 4.34 Å². The van der Waals surface area contributed by atoms with Crippen molar-refractivity contribution in [3.63, 3.8) is 0 Å². The van der Waals surface area contributed by atoms with Gasteiger partial charge in [-0.05, 0) is 36.2 Å². The van der Waals surface area contributed by atoms with Crippen molar-refractivity contribution in [2.45, 2.75) is 6.42 Å². The molecule has 2 aromatic heterocycles. The van der Waals surface area contributed by atoms with E-state index in [1.165, 1.54) is 11.3 Å². The van der Waals surface area contributed by atoms with Gasteiger partial charge in [-0.25, -0.2) is 0 Å². The third kappa shape index (κ3) is 4.20. The lowest BCUT2D eigenvalue weighted by Gasteiger charge is -2.21. The highest BCUT2D eigenvalue weighted by Crippen LogP contribution is 2.26. The van der Waals surface area contributed by atoms with Crippen LogP contribution in [-0.4, -0.2) is 47.2 Å². The third-order valence-corrected chi connectivity index (χ3v) is 6.36. The third-order valence-electron chi connectivity index (χ3n) is 4.61. The Morgan fingerprint density at radius 3 is 2.67 bits per heavy atom. The summed E-state index contributed by atoms with van der Waals surface area (Å²) in [6.45, 7) is 3.05. The summed E-state index contributed by atoms with van der Waals surface area (Å²) in [6.07, 6.45) is 0.908. The van der Waals surface area contributed by atoms with Gasteiger partial charge in [0.05, 0.1) is 14.9 Å². The Morgan fingerprint density at radius 1 is 1.11 bits per heavy atom. The van der Waals surface area contributed by atoms with Crippen molar-refractivity contribution in [3.05, 3.63) is 56.2 Å². The van der Waals surface area contributed by atoms with Gasteiger partial charge in [0.1, 0.15) is 0 Å². The molecule has 5 nitrogen and oxygen atoms in total. The Labute approximate surface area is 175 Å². The molecule has 1 aliphatic heterocycles. The predicted molar refractivity (Wildman–Crippen MR) is 114 cm³/mol. The minimum absolute atomic E-state index is 0.0614. The molecule has 0 unspecified atom stereocenters. The van der Waals surface area contributed by atoms with Crippen molar-refractivity contribution >= 4 is 50.6 Å². The molecule has 4 rings (SSSR count). The fourth-order valence-electron chi connectivity index (χ4n) is 3.19. The molecule has 1 amide bonds. The summed E-state index contributed by atoms with van der Waals surface area (Å²) in [5.74, 6) is 0.979. The van der Waals surface area contributed by atoms with E-state index < -0.39 is 0 Å². The monoisotopic (exact) mass is 464 g/mol. The van der Waals surface area contributed by atoms with E-state index in [0.717, 1.165) is 47.6 Å². The maximum absolute atomic E-state index is 12.7. The summed E-state index contributed by atoms with van der Waals surface area (Å²) >= 11 is 10.8. The largest absolute Gasteiger partial charge is 0.353 e. The molecule has 1 fully saturated rings. The van der Waals surface area contributed by atoms with Crippen molar-refractivity contribution in [2.24, 2.45) is 0 Å². The maximum Gasteiger partial charge on any atom is 0.264 e. The van der Waals surface area contributed by atoms with Gasteiger partial charge in [0.15, 0.2) is 5.82 Å². The molecule has 0 atom stereocenters. The number of H-pyrrole nitrogens is 1. The van der Waals surface area contributed by atoms with Crippen LogP contribution in [0.3, 0.4) is 0 Å². The van der Waals surface area contributed by atoms with Gasteiger partial charge in [-0.15, -0.1) is 11.3 Å². The molecule has 140 valence electrons. The number of hydrogen-bond acceptors (Lipinski definition) is 4. The highest BCUT2D eigenvalue weighted by molar-refractivity contribution is 9.10. The zero-order chi connectivity index (χ0) is 18.8. The molecule has 8 heteroatoms. The van der Waals surface area contributed by atoms with E-state index in [1.54, 1.807) is 12.1 Å². The number of nitrogens with one attached hydrogen (secondary N) is 1. The van der Waals surface area contributed by atoms with E-state index in [2.05, 4.69) is 49.2 Å². The smallest absolute Gasteiger partial charge is 0.264 e. The lowest BCUT2D eigenvalue weighted by molar-refractivity contribution is 0.0772. The number of anilines is 1. The quantitative estimate of drug-likeness (QED) is 0.598. The topological polar surface area (TPSA) is 52.2 Å². The van der Waals surface area contributed by atoms with Crippen LogP contribution in [0.1, 0.15) is 16.1 Å². The Hall–Kier alpha value is -1.83. The maximum atomic E-state index is 12.7. The standard InChI is InChI=1S/C19H18BrClN4OS/c20-14-4-2-13(3-5-14)15-12-18(23-22-15)24-8-1-9-25(11-10-24)19(26)16-6-7-17(21)27-16/h2-7,12H,1,8-11H2,(H,22,23). The summed E-state index contributed by atoms with van der Waals surface area (Å²) in [7, 11) is 0. The molecule has 0 saturated carbocycles. The summed E-state index contributed by atoms with van der Waals surface area (Å²) in [4.78, 5) is 17.5. The van der Waals surface area contributed by atoms with Gasteiger partial charge in [0.2, 0.25) is 0 Å². The van der Waals surface area contributed by atoms with E-state index in [-0.39, 0.29) is 5.91 Å². The minimum atomic E-state index is 0.0614. The molecule has 1 saturated heterocycles. The zero-order valence-corrected chi connectivity index (χ0v) is 17.6. The van der Waals surface area contributed by atoms with E-state index >= 15 is 0 Å². The van der Waals surface area contributed by atoms with Gasteiger partial charge < -0.3 is 9.80 Å². The molecular weight excluding hydrogens is 448 g/mol. The molecule has 0 radical (unpaired) electrons. The van der Waals surface area contributed by atoms with E-state index in [9.17, 15) is 4.79 Å². The number of aromatic nitrogens is 2. The molecule has 1 aliphatic rings. The lowest BCUT2D eigenvalue weighted by Crippen LogP contribution is -2.34. The average molecular weight is 466 g/mol. The zero-order valence-electron chi connectivity index (χ0n) is 14.5. The van der Waals surface area contributed by atoms with Crippen LogP contribution in [0, 0.1) is 0 Å². The van der Waals surface area contributed by atoms with Crippen LogP contribution in [0.25, 0.3) is 11.3 Å². The fraction of sp³-hybridized carbons (Fsp3) is 0.263. The normalized spacial score (nSPS) is 15.0. The fourth-order valence-corrected chi connectivity index (χ4v) is 4.46. The summed E-state index contributed by atoms with van der Waals surface area (Å²) in [5.41, 5.74) is 2.08. The summed E-state index contributed by atoms with van der Waals surface area (Å²) < 4.78 is 1.70. The van der Waals surface area contributed by atoms with E-state index in [4.69, 9.17) is 11.6 Å². The second-order valence-corrected chi connectivity index (χ2v) is 9.01. The van der Waals surface area contributed by atoms with Gasteiger partial charge in [-0.1, -0.05) is 39.7 Å².